The van der Waals surface area contributed by atoms with Gasteiger partial charge in [0, 0.05) is 18.7 Å². The van der Waals surface area contributed by atoms with Crippen molar-refractivity contribution in [3.05, 3.63) is 99.9 Å². The second-order valence-corrected chi connectivity index (χ2v) is 9.64. The Morgan fingerprint density at radius 3 is 1.84 bits per heavy atom. The maximum absolute atomic E-state index is 13.7. The van der Waals surface area contributed by atoms with E-state index in [9.17, 15) is 17.6 Å². The largest absolute Gasteiger partial charge is 0.288 e. The van der Waals surface area contributed by atoms with E-state index in [0.29, 0.717) is 22.3 Å². The van der Waals surface area contributed by atoms with E-state index in [0.717, 1.165) is 5.56 Å². The molecule has 0 aromatic heterocycles. The lowest BCUT2D eigenvalue weighted by Crippen LogP contribution is -2.31. The zero-order chi connectivity index (χ0) is 23.5. The molecule has 0 fully saturated rings. The molecular weight excluding hydrogens is 431 g/mol. The zero-order valence-corrected chi connectivity index (χ0v) is 18.9. The highest BCUT2D eigenvalue weighted by Gasteiger charge is 2.28. The smallest absolute Gasteiger partial charge is 0.274 e. The molecule has 0 saturated carbocycles. The molecule has 3 aromatic carbocycles. The minimum atomic E-state index is -3.90. The molecule has 0 aliphatic rings. The molecular formula is C24H25FN2O4S. The third kappa shape index (κ3) is 5.21. The normalized spacial score (nSPS) is 11.6. The minimum absolute atomic E-state index is 0.0491. The summed E-state index contributed by atoms with van der Waals surface area (Å²) in [6, 6.07) is 15.6. The van der Waals surface area contributed by atoms with Crippen LogP contribution in [0.3, 0.4) is 0 Å². The number of carbonyl (C=O) groups excluding carboxylic acids is 1. The van der Waals surface area contributed by atoms with Crippen molar-refractivity contribution in [2.24, 2.45) is 0 Å². The summed E-state index contributed by atoms with van der Waals surface area (Å²) in [4.78, 5) is 11.8. The molecule has 168 valence electrons. The molecule has 8 heteroatoms. The Kier molecular flexibility index (Phi) is 7.08. The van der Waals surface area contributed by atoms with Gasteiger partial charge in [-0.05, 0) is 67.3 Å². The highest BCUT2D eigenvalue weighted by atomic mass is 32.2. The molecule has 0 heterocycles. The van der Waals surface area contributed by atoms with Crippen LogP contribution in [0.15, 0.2) is 65.6 Å². The van der Waals surface area contributed by atoms with Crippen LogP contribution in [-0.2, 0) is 23.1 Å². The van der Waals surface area contributed by atoms with Gasteiger partial charge in [-0.3, -0.25) is 10.0 Å². The van der Waals surface area contributed by atoms with Gasteiger partial charge in [0.25, 0.3) is 5.91 Å². The summed E-state index contributed by atoms with van der Waals surface area (Å²) in [5.41, 5.74) is 5.40. The first-order valence-electron chi connectivity index (χ1n) is 9.97. The fourth-order valence-electron chi connectivity index (χ4n) is 3.75. The topological polar surface area (TPSA) is 86.7 Å². The Hall–Kier alpha value is -3.07. The molecule has 3 aromatic rings. The molecule has 0 bridgehead atoms. The molecule has 0 aliphatic heterocycles. The molecule has 32 heavy (non-hydrogen) atoms. The van der Waals surface area contributed by atoms with E-state index < -0.39 is 21.7 Å². The van der Waals surface area contributed by atoms with Gasteiger partial charge in [-0.25, -0.2) is 18.3 Å². The van der Waals surface area contributed by atoms with Gasteiger partial charge in [0.15, 0.2) is 0 Å². The van der Waals surface area contributed by atoms with E-state index in [4.69, 9.17) is 5.21 Å². The van der Waals surface area contributed by atoms with Crippen molar-refractivity contribution in [2.75, 3.05) is 0 Å². The molecule has 0 radical (unpaired) electrons. The van der Waals surface area contributed by atoms with Crippen molar-refractivity contribution in [1.29, 1.82) is 0 Å². The van der Waals surface area contributed by atoms with Crippen molar-refractivity contribution in [3.63, 3.8) is 0 Å². The Morgan fingerprint density at radius 1 is 0.906 bits per heavy atom. The maximum atomic E-state index is 13.7. The van der Waals surface area contributed by atoms with Gasteiger partial charge in [-0.1, -0.05) is 42.0 Å². The first-order valence-corrected chi connectivity index (χ1v) is 11.4. The average Bonchev–Trinajstić information content (AvgIpc) is 2.73. The highest BCUT2D eigenvalue weighted by Crippen LogP contribution is 2.28. The summed E-state index contributed by atoms with van der Waals surface area (Å²) < 4.78 is 42.2. The first-order chi connectivity index (χ1) is 15.1. The van der Waals surface area contributed by atoms with Crippen LogP contribution in [0.1, 0.15) is 38.2 Å². The second kappa shape index (κ2) is 9.60. The number of nitrogens with zero attached hydrogens (tertiary/aromatic N) is 1. The van der Waals surface area contributed by atoms with Gasteiger partial charge >= 0.3 is 0 Å². The maximum Gasteiger partial charge on any atom is 0.274 e. The number of benzene rings is 3. The predicted octanol–water partition coefficient (Wildman–Crippen LogP) is 4.26. The quantitative estimate of drug-likeness (QED) is 0.411. The first kappa shape index (κ1) is 23.6. The Labute approximate surface area is 187 Å². The Morgan fingerprint density at radius 2 is 1.38 bits per heavy atom. The van der Waals surface area contributed by atoms with Crippen LogP contribution in [0.2, 0.25) is 0 Å². The molecule has 0 spiro atoms. The summed E-state index contributed by atoms with van der Waals surface area (Å²) >= 11 is 0. The van der Waals surface area contributed by atoms with E-state index in [1.165, 1.54) is 28.6 Å². The summed E-state index contributed by atoms with van der Waals surface area (Å²) in [7, 11) is -3.90. The van der Waals surface area contributed by atoms with Gasteiger partial charge < -0.3 is 0 Å². The van der Waals surface area contributed by atoms with Gasteiger partial charge in [0.05, 0.1) is 4.90 Å². The number of carbonyl (C=O) groups is 1. The van der Waals surface area contributed by atoms with Crippen molar-refractivity contribution in [2.45, 2.75) is 38.8 Å². The van der Waals surface area contributed by atoms with Crippen LogP contribution < -0.4 is 5.48 Å². The van der Waals surface area contributed by atoms with Crippen LogP contribution in [0.4, 0.5) is 4.39 Å². The van der Waals surface area contributed by atoms with Crippen LogP contribution in [0, 0.1) is 26.6 Å². The number of nitrogens with one attached hydrogen (secondary N) is 1. The van der Waals surface area contributed by atoms with Crippen molar-refractivity contribution in [1.82, 2.24) is 9.79 Å². The van der Waals surface area contributed by atoms with E-state index in [1.54, 1.807) is 43.6 Å². The summed E-state index contributed by atoms with van der Waals surface area (Å²) in [5.74, 6) is -1.05. The summed E-state index contributed by atoms with van der Waals surface area (Å²) in [6.45, 7) is 5.55. The number of aryl methyl sites for hydroxylation is 3. The molecule has 1 amide bonds. The predicted molar refractivity (Wildman–Crippen MR) is 119 cm³/mol. The number of hydrogen-bond donors (Lipinski definition) is 2. The van der Waals surface area contributed by atoms with Crippen LogP contribution in [0.25, 0.3) is 0 Å². The van der Waals surface area contributed by atoms with Crippen LogP contribution >= 0.6 is 0 Å². The lowest BCUT2D eigenvalue weighted by atomic mass is 10.1. The van der Waals surface area contributed by atoms with Gasteiger partial charge in [-0.15, -0.1) is 0 Å². The fourth-order valence-corrected chi connectivity index (χ4v) is 5.58. The zero-order valence-electron chi connectivity index (χ0n) is 18.1. The highest BCUT2D eigenvalue weighted by molar-refractivity contribution is 7.89. The Bertz CT molecular complexity index is 1200. The van der Waals surface area contributed by atoms with Crippen molar-refractivity contribution in [3.8, 4) is 0 Å². The molecule has 3 rings (SSSR count). The van der Waals surface area contributed by atoms with Gasteiger partial charge in [0.1, 0.15) is 5.82 Å². The lowest BCUT2D eigenvalue weighted by Gasteiger charge is -2.25. The number of rotatable bonds is 7. The number of hydrogen-bond acceptors (Lipinski definition) is 4. The number of sulfonamides is 1. The third-order valence-corrected chi connectivity index (χ3v) is 7.25. The fraction of sp³-hybridized carbons (Fsp3) is 0.208. The monoisotopic (exact) mass is 456 g/mol. The molecule has 0 unspecified atom stereocenters. The standard InChI is InChI=1S/C24H25FN2O4S/c1-16-12-17(2)23(18(3)13-16)32(30,31)27(15-20-6-10-22(25)11-7-20)14-19-4-8-21(9-5-19)24(28)26-29/h4-13,29H,14-15H2,1-3H3,(H,26,28). The SMILES string of the molecule is Cc1cc(C)c(S(=O)(=O)N(Cc2ccc(F)cc2)Cc2ccc(C(=O)NO)cc2)c(C)c1. The second-order valence-electron chi connectivity index (χ2n) is 7.77. The van der Waals surface area contributed by atoms with Crippen LogP contribution in [0.5, 0.6) is 0 Å². The van der Waals surface area contributed by atoms with Crippen LogP contribution in [-0.4, -0.2) is 23.8 Å². The van der Waals surface area contributed by atoms with Gasteiger partial charge in [0.2, 0.25) is 10.0 Å². The number of amides is 1. The van der Waals surface area contributed by atoms with E-state index >= 15 is 0 Å². The minimum Gasteiger partial charge on any atom is -0.288 e. The van der Waals surface area contributed by atoms with E-state index in [1.807, 2.05) is 19.1 Å². The summed E-state index contributed by atoms with van der Waals surface area (Å²) in [6.07, 6.45) is 0. The number of hydroxylamine groups is 1. The summed E-state index contributed by atoms with van der Waals surface area (Å²) in [5, 5.41) is 8.78. The molecule has 0 aliphatic carbocycles. The van der Waals surface area contributed by atoms with E-state index in [2.05, 4.69) is 0 Å². The molecule has 2 N–H and O–H groups in total. The lowest BCUT2D eigenvalue weighted by molar-refractivity contribution is 0.0706. The van der Waals surface area contributed by atoms with Crippen molar-refractivity contribution >= 4 is 15.9 Å². The third-order valence-electron chi connectivity index (χ3n) is 5.15. The number of halogens is 1. The molecule has 0 saturated heterocycles. The average molecular weight is 457 g/mol. The van der Waals surface area contributed by atoms with Crippen molar-refractivity contribution < 1.29 is 22.8 Å². The molecule has 0 atom stereocenters. The van der Waals surface area contributed by atoms with Gasteiger partial charge in [-0.2, -0.15) is 4.31 Å². The Balaban J connectivity index is 2.02. The molecule has 6 nitrogen and oxygen atoms in total. The van der Waals surface area contributed by atoms with E-state index in [-0.39, 0.29) is 23.5 Å².